The summed E-state index contributed by atoms with van der Waals surface area (Å²) >= 11 is 0. The van der Waals surface area contributed by atoms with E-state index in [9.17, 15) is 4.79 Å². The van der Waals surface area contributed by atoms with Crippen LogP contribution in [0.5, 0.6) is 0 Å². The van der Waals surface area contributed by atoms with Crippen molar-refractivity contribution in [1.29, 1.82) is 0 Å². The molecule has 0 rings (SSSR count). The predicted molar refractivity (Wildman–Crippen MR) is 44.9 cm³/mol. The van der Waals surface area contributed by atoms with Crippen molar-refractivity contribution in [3.63, 3.8) is 0 Å². The fourth-order valence-corrected chi connectivity index (χ4v) is 0.303. The smallest absolute Gasteiger partial charge is 0.395 e. The minimum atomic E-state index is -0.625. The van der Waals surface area contributed by atoms with E-state index < -0.39 is 11.5 Å². The molecule has 12 heavy (non-hydrogen) atoms. The molecule has 0 aromatic carbocycles. The van der Waals surface area contributed by atoms with Gasteiger partial charge in [-0.1, -0.05) is 19.0 Å². The molecule has 0 aromatic heterocycles. The largest absolute Gasteiger partial charge is 0.433 e. The summed E-state index contributed by atoms with van der Waals surface area (Å²) in [6.45, 7) is 3.49. The molecule has 0 aromatic rings. The molecular weight excluding hydrogens is 160 g/mol. The molecule has 5 nitrogen and oxygen atoms in total. The average Bonchev–Trinajstić information content (AvgIpc) is 2.04. The van der Waals surface area contributed by atoms with Crippen LogP contribution in [-0.2, 0) is 4.84 Å². The molecule has 0 saturated carbocycles. The maximum absolute atomic E-state index is 10.5. The Labute approximate surface area is 71.4 Å². The van der Waals surface area contributed by atoms with E-state index in [0.717, 1.165) is 0 Å². The lowest BCUT2D eigenvalue weighted by Crippen LogP contribution is -2.20. The summed E-state index contributed by atoms with van der Waals surface area (Å²) in [4.78, 5) is 14.8. The van der Waals surface area contributed by atoms with Gasteiger partial charge in [0.05, 0.1) is 12.8 Å². The fraction of sp³-hybridized carbons (Fsp3) is 0.714. The number of carbonyl (C=O) groups excluding carboxylic acids is 1. The quantitative estimate of drug-likeness (QED) is 0.368. The summed E-state index contributed by atoms with van der Waals surface area (Å²) in [5, 5.41) is 14.4. The molecule has 0 aliphatic rings. The molecule has 1 amide bonds. The van der Waals surface area contributed by atoms with Crippen LogP contribution in [0.25, 0.3) is 0 Å². The number of hydrogen-bond acceptors (Lipinski definition) is 4. The van der Waals surface area contributed by atoms with Crippen LogP contribution < -0.4 is 5.32 Å². The monoisotopic (exact) mass is 174 g/mol. The topological polar surface area (TPSA) is 70.9 Å². The van der Waals surface area contributed by atoms with Gasteiger partial charge in [0.2, 0.25) is 0 Å². The number of aliphatic hydroxyl groups excluding tert-OH is 1. The van der Waals surface area contributed by atoms with E-state index in [1.165, 1.54) is 13.3 Å². The molecule has 0 aliphatic carbocycles. The molecule has 5 heteroatoms. The Bertz CT molecular complexity index is 177. The van der Waals surface area contributed by atoms with E-state index in [-0.39, 0.29) is 6.61 Å². The molecule has 0 aliphatic heterocycles. The standard InChI is InChI=1S/C7H14N2O3/c1-7(2,5-10)4-9-12-6(11)8-3/h4,10H,5H2,1-3H3,(H,8,11)/b9-4+. The highest BCUT2D eigenvalue weighted by Crippen LogP contribution is 2.08. The molecule has 70 valence electrons. The van der Waals surface area contributed by atoms with Gasteiger partial charge in [0.25, 0.3) is 0 Å². The highest BCUT2D eigenvalue weighted by Gasteiger charge is 2.13. The van der Waals surface area contributed by atoms with E-state index in [0.29, 0.717) is 0 Å². The number of carbonyl (C=O) groups is 1. The van der Waals surface area contributed by atoms with Crippen molar-refractivity contribution < 1.29 is 14.7 Å². The zero-order valence-electron chi connectivity index (χ0n) is 7.50. The minimum Gasteiger partial charge on any atom is -0.395 e. The molecule has 2 N–H and O–H groups in total. The van der Waals surface area contributed by atoms with Crippen LogP contribution in [0.4, 0.5) is 4.79 Å². The summed E-state index contributed by atoms with van der Waals surface area (Å²) in [7, 11) is 1.44. The number of aliphatic hydroxyl groups is 1. The normalized spacial score (nSPS) is 11.7. The summed E-state index contributed by atoms with van der Waals surface area (Å²) in [5.41, 5.74) is -0.464. The van der Waals surface area contributed by atoms with Crippen molar-refractivity contribution in [2.45, 2.75) is 13.8 Å². The van der Waals surface area contributed by atoms with Gasteiger partial charge in [0, 0.05) is 12.5 Å². The third kappa shape index (κ3) is 4.68. The Morgan fingerprint density at radius 1 is 1.75 bits per heavy atom. The third-order valence-electron chi connectivity index (χ3n) is 1.15. The molecule has 0 radical (unpaired) electrons. The van der Waals surface area contributed by atoms with Crippen molar-refractivity contribution >= 4 is 12.3 Å². The Hall–Kier alpha value is -1.10. The summed E-state index contributed by atoms with van der Waals surface area (Å²) in [6.07, 6.45) is 0.752. The first-order chi connectivity index (χ1) is 5.52. The van der Waals surface area contributed by atoms with Gasteiger partial charge in [-0.3, -0.25) is 4.84 Å². The molecule has 0 unspecified atom stereocenters. The number of nitrogens with one attached hydrogen (secondary N) is 1. The van der Waals surface area contributed by atoms with Crippen LogP contribution >= 0.6 is 0 Å². The van der Waals surface area contributed by atoms with E-state index in [2.05, 4.69) is 15.3 Å². The number of nitrogens with zero attached hydrogens (tertiary/aromatic N) is 1. The van der Waals surface area contributed by atoms with Crippen molar-refractivity contribution in [3.8, 4) is 0 Å². The van der Waals surface area contributed by atoms with E-state index >= 15 is 0 Å². The van der Waals surface area contributed by atoms with Crippen molar-refractivity contribution in [2.24, 2.45) is 10.6 Å². The van der Waals surface area contributed by atoms with Crippen LogP contribution in [-0.4, -0.2) is 31.1 Å². The lowest BCUT2D eigenvalue weighted by molar-refractivity contribution is 0.150. The van der Waals surface area contributed by atoms with Crippen molar-refractivity contribution in [3.05, 3.63) is 0 Å². The van der Waals surface area contributed by atoms with Gasteiger partial charge in [0.15, 0.2) is 0 Å². The second kappa shape index (κ2) is 4.71. The van der Waals surface area contributed by atoms with Gasteiger partial charge in [-0.05, 0) is 0 Å². The van der Waals surface area contributed by atoms with E-state index in [1.54, 1.807) is 13.8 Å². The SMILES string of the molecule is CNC(=O)O/N=C/C(C)(C)CO. The first-order valence-electron chi connectivity index (χ1n) is 3.56. The fourth-order valence-electron chi connectivity index (χ4n) is 0.303. The number of amides is 1. The van der Waals surface area contributed by atoms with Gasteiger partial charge in [-0.25, -0.2) is 4.79 Å². The molecule has 0 atom stereocenters. The summed E-state index contributed by atoms with van der Waals surface area (Å²) in [6, 6.07) is 0. The first kappa shape index (κ1) is 10.9. The third-order valence-corrected chi connectivity index (χ3v) is 1.15. The van der Waals surface area contributed by atoms with E-state index in [1.807, 2.05) is 0 Å². The van der Waals surface area contributed by atoms with Crippen LogP contribution in [0.2, 0.25) is 0 Å². The Morgan fingerprint density at radius 3 is 2.75 bits per heavy atom. The predicted octanol–water partition coefficient (Wildman–Crippen LogP) is 0.347. The highest BCUT2D eigenvalue weighted by atomic mass is 16.7. The summed E-state index contributed by atoms with van der Waals surface area (Å²) in [5.74, 6) is 0. The lowest BCUT2D eigenvalue weighted by Gasteiger charge is -2.13. The maximum atomic E-state index is 10.5. The molecule has 0 heterocycles. The number of hydrogen-bond donors (Lipinski definition) is 2. The lowest BCUT2D eigenvalue weighted by atomic mass is 9.97. The summed E-state index contributed by atoms with van der Waals surface area (Å²) < 4.78 is 0. The van der Waals surface area contributed by atoms with Gasteiger partial charge in [-0.2, -0.15) is 0 Å². The Kier molecular flexibility index (Phi) is 4.28. The van der Waals surface area contributed by atoms with E-state index in [4.69, 9.17) is 5.11 Å². The van der Waals surface area contributed by atoms with Crippen LogP contribution in [0.3, 0.4) is 0 Å². The van der Waals surface area contributed by atoms with Crippen molar-refractivity contribution in [1.82, 2.24) is 5.32 Å². The maximum Gasteiger partial charge on any atom is 0.433 e. The Balaban J connectivity index is 3.83. The van der Waals surface area contributed by atoms with Gasteiger partial charge in [0.1, 0.15) is 0 Å². The first-order valence-corrected chi connectivity index (χ1v) is 3.56. The highest BCUT2D eigenvalue weighted by molar-refractivity contribution is 5.69. The van der Waals surface area contributed by atoms with Gasteiger partial charge in [-0.15, -0.1) is 0 Å². The number of rotatable bonds is 3. The number of oxime groups is 1. The minimum absolute atomic E-state index is 0.0480. The Morgan fingerprint density at radius 2 is 2.33 bits per heavy atom. The molecule has 0 spiro atoms. The van der Waals surface area contributed by atoms with Crippen molar-refractivity contribution in [2.75, 3.05) is 13.7 Å². The van der Waals surface area contributed by atoms with Crippen LogP contribution in [0.1, 0.15) is 13.8 Å². The molecule has 0 bridgehead atoms. The second-order valence-electron chi connectivity index (χ2n) is 3.01. The van der Waals surface area contributed by atoms with Crippen LogP contribution in [0.15, 0.2) is 5.16 Å². The van der Waals surface area contributed by atoms with Gasteiger partial charge >= 0.3 is 6.09 Å². The average molecular weight is 174 g/mol. The molecule has 0 fully saturated rings. The zero-order chi connectivity index (χ0) is 9.61. The second-order valence-corrected chi connectivity index (χ2v) is 3.01. The molecular formula is C7H14N2O3. The van der Waals surface area contributed by atoms with Gasteiger partial charge < -0.3 is 10.4 Å². The molecule has 0 saturated heterocycles. The van der Waals surface area contributed by atoms with Crippen LogP contribution in [0, 0.1) is 5.41 Å². The zero-order valence-corrected chi connectivity index (χ0v) is 7.50.